The van der Waals surface area contributed by atoms with Crippen LogP contribution in [-0.4, -0.2) is 16.1 Å². The Morgan fingerprint density at radius 2 is 1.90 bits per heavy atom. The number of nitrogens with one attached hydrogen (secondary N) is 1. The van der Waals surface area contributed by atoms with Gasteiger partial charge in [0.2, 0.25) is 0 Å². The summed E-state index contributed by atoms with van der Waals surface area (Å²) in [7, 11) is 0. The molecule has 0 unspecified atom stereocenters. The van der Waals surface area contributed by atoms with Crippen molar-refractivity contribution in [3.05, 3.63) is 58.8 Å². The monoisotopic (exact) mass is 351 g/mol. The average molecular weight is 352 g/mol. The molecule has 21 heavy (non-hydrogen) atoms. The van der Waals surface area contributed by atoms with Gasteiger partial charge in [0.15, 0.2) is 11.6 Å². The van der Waals surface area contributed by atoms with Gasteiger partial charge in [0.1, 0.15) is 0 Å². The summed E-state index contributed by atoms with van der Waals surface area (Å²) in [6.45, 7) is 1.25. The topological polar surface area (TPSA) is 29.9 Å². The number of aromatic nitrogens is 2. The van der Waals surface area contributed by atoms with E-state index in [0.29, 0.717) is 24.1 Å². The van der Waals surface area contributed by atoms with Crippen molar-refractivity contribution < 1.29 is 8.78 Å². The Morgan fingerprint density at radius 3 is 2.71 bits per heavy atom. The summed E-state index contributed by atoms with van der Waals surface area (Å²) < 4.78 is 29.2. The summed E-state index contributed by atoms with van der Waals surface area (Å²) >= 11 is 3.46. The second-order valence-corrected chi connectivity index (χ2v) is 5.45. The lowest BCUT2D eigenvalue weighted by Crippen LogP contribution is -2.10. The maximum absolute atomic E-state index is 13.3. The molecule has 3 nitrogen and oxygen atoms in total. The number of halogens is 3. The maximum atomic E-state index is 13.3. The molecule has 1 heterocycles. The smallest absolute Gasteiger partial charge is 0.161 e. The van der Waals surface area contributed by atoms with Crippen LogP contribution in [0.1, 0.15) is 0 Å². The molecule has 0 spiro atoms. The van der Waals surface area contributed by atoms with Crippen molar-refractivity contribution in [1.82, 2.24) is 9.55 Å². The van der Waals surface area contributed by atoms with Crippen LogP contribution in [0.25, 0.3) is 11.0 Å². The number of nitrogens with zero attached hydrogens (tertiary/aromatic N) is 2. The quantitative estimate of drug-likeness (QED) is 0.763. The molecule has 6 heteroatoms. The molecule has 108 valence electrons. The lowest BCUT2D eigenvalue weighted by atomic mass is 10.3. The van der Waals surface area contributed by atoms with Gasteiger partial charge >= 0.3 is 0 Å². The Hall–Kier alpha value is -1.95. The molecule has 0 aliphatic heterocycles. The summed E-state index contributed by atoms with van der Waals surface area (Å²) in [5, 5.41) is 3.28. The van der Waals surface area contributed by atoms with E-state index < -0.39 is 11.6 Å². The molecule has 1 N–H and O–H groups in total. The first-order valence-electron chi connectivity index (χ1n) is 6.43. The fourth-order valence-corrected chi connectivity index (χ4v) is 2.57. The van der Waals surface area contributed by atoms with Gasteiger partial charge in [0.05, 0.1) is 17.4 Å². The zero-order valence-electron chi connectivity index (χ0n) is 11.0. The Balaban J connectivity index is 1.74. The van der Waals surface area contributed by atoms with Gasteiger partial charge in [-0.2, -0.15) is 0 Å². The third kappa shape index (κ3) is 2.90. The average Bonchev–Trinajstić information content (AvgIpc) is 2.84. The fraction of sp³-hybridized carbons (Fsp3) is 0.133. The van der Waals surface area contributed by atoms with Gasteiger partial charge < -0.3 is 9.88 Å². The predicted molar refractivity (Wildman–Crippen MR) is 82.3 cm³/mol. The normalized spacial score (nSPS) is 11.0. The molecule has 0 saturated heterocycles. The van der Waals surface area contributed by atoms with Gasteiger partial charge in [-0.1, -0.05) is 12.1 Å². The van der Waals surface area contributed by atoms with Crippen LogP contribution in [0.3, 0.4) is 0 Å². The number of hydrogen-bond acceptors (Lipinski definition) is 2. The van der Waals surface area contributed by atoms with Gasteiger partial charge in [-0.05, 0) is 28.1 Å². The number of imidazole rings is 1. The lowest BCUT2D eigenvalue weighted by Gasteiger charge is -2.09. The molecule has 0 fully saturated rings. The van der Waals surface area contributed by atoms with Crippen molar-refractivity contribution in [2.24, 2.45) is 0 Å². The SMILES string of the molecule is Fc1cc2ncn(CCNc3ccccc3Br)c2cc1F. The van der Waals surface area contributed by atoms with Gasteiger partial charge in [-0.15, -0.1) is 0 Å². The molecule has 0 aliphatic carbocycles. The number of fused-ring (bicyclic) bond motifs is 1. The van der Waals surface area contributed by atoms with Crippen LogP contribution >= 0.6 is 15.9 Å². The van der Waals surface area contributed by atoms with E-state index >= 15 is 0 Å². The van der Waals surface area contributed by atoms with Gasteiger partial charge in [0, 0.05) is 35.4 Å². The summed E-state index contributed by atoms with van der Waals surface area (Å²) in [5.74, 6) is -1.73. The molecule has 1 aromatic heterocycles. The van der Waals surface area contributed by atoms with Crippen LogP contribution in [0.15, 0.2) is 47.2 Å². The van der Waals surface area contributed by atoms with Crippen LogP contribution in [0, 0.1) is 11.6 Å². The Morgan fingerprint density at radius 1 is 1.14 bits per heavy atom. The summed E-state index contributed by atoms with van der Waals surface area (Å²) in [6, 6.07) is 10.1. The standard InChI is InChI=1S/C15H12BrF2N3/c16-10-3-1-2-4-13(10)19-5-6-21-9-20-14-7-11(17)12(18)8-15(14)21/h1-4,7-9,19H,5-6H2. The highest BCUT2D eigenvalue weighted by atomic mass is 79.9. The number of rotatable bonds is 4. The molecule has 3 rings (SSSR count). The number of benzene rings is 2. The summed E-state index contributed by atoms with van der Waals surface area (Å²) in [4.78, 5) is 4.08. The lowest BCUT2D eigenvalue weighted by molar-refractivity contribution is 0.510. The molecule has 0 radical (unpaired) electrons. The Labute approximate surface area is 128 Å². The first-order chi connectivity index (χ1) is 10.1. The Bertz CT molecular complexity index is 786. The number of para-hydroxylation sites is 1. The van der Waals surface area contributed by atoms with E-state index in [0.717, 1.165) is 16.2 Å². The van der Waals surface area contributed by atoms with E-state index in [9.17, 15) is 8.78 Å². The summed E-state index contributed by atoms with van der Waals surface area (Å²) in [5.41, 5.74) is 2.02. The molecule has 0 saturated carbocycles. The Kier molecular flexibility index (Phi) is 3.88. The van der Waals surface area contributed by atoms with Crippen molar-refractivity contribution in [2.45, 2.75) is 6.54 Å². The van der Waals surface area contributed by atoms with E-state index in [1.807, 2.05) is 24.3 Å². The van der Waals surface area contributed by atoms with Crippen molar-refractivity contribution in [1.29, 1.82) is 0 Å². The first kappa shape index (κ1) is 14.0. The number of anilines is 1. The molecular formula is C15H12BrF2N3. The third-order valence-corrected chi connectivity index (χ3v) is 3.90. The molecule has 0 aliphatic rings. The van der Waals surface area contributed by atoms with Gasteiger partial charge in [-0.25, -0.2) is 13.8 Å². The highest BCUT2D eigenvalue weighted by Gasteiger charge is 2.08. The van der Waals surface area contributed by atoms with Crippen LogP contribution in [0.5, 0.6) is 0 Å². The zero-order chi connectivity index (χ0) is 14.8. The second kappa shape index (κ2) is 5.81. The number of hydrogen-bond donors (Lipinski definition) is 1. The van der Waals surface area contributed by atoms with E-state index in [1.165, 1.54) is 6.07 Å². The van der Waals surface area contributed by atoms with E-state index in [-0.39, 0.29) is 0 Å². The van der Waals surface area contributed by atoms with Crippen molar-refractivity contribution in [3.63, 3.8) is 0 Å². The predicted octanol–water partition coefficient (Wildman–Crippen LogP) is 4.19. The minimum Gasteiger partial charge on any atom is -0.382 e. The highest BCUT2D eigenvalue weighted by Crippen LogP contribution is 2.21. The summed E-state index contributed by atoms with van der Waals surface area (Å²) in [6.07, 6.45) is 1.59. The van der Waals surface area contributed by atoms with Crippen LogP contribution in [-0.2, 0) is 6.54 Å². The van der Waals surface area contributed by atoms with Gasteiger partial charge in [-0.3, -0.25) is 0 Å². The van der Waals surface area contributed by atoms with Gasteiger partial charge in [0.25, 0.3) is 0 Å². The molecule has 0 amide bonds. The van der Waals surface area contributed by atoms with Crippen LogP contribution in [0.4, 0.5) is 14.5 Å². The van der Waals surface area contributed by atoms with Crippen molar-refractivity contribution >= 4 is 32.7 Å². The second-order valence-electron chi connectivity index (χ2n) is 4.60. The van der Waals surface area contributed by atoms with Crippen LogP contribution in [0.2, 0.25) is 0 Å². The minimum atomic E-state index is -0.876. The fourth-order valence-electron chi connectivity index (χ4n) is 2.15. The van der Waals surface area contributed by atoms with Crippen LogP contribution < -0.4 is 5.32 Å². The molecule has 0 bridgehead atoms. The van der Waals surface area contributed by atoms with E-state index in [2.05, 4.69) is 26.2 Å². The molecular weight excluding hydrogens is 340 g/mol. The highest BCUT2D eigenvalue weighted by molar-refractivity contribution is 9.10. The van der Waals surface area contributed by atoms with Crippen molar-refractivity contribution in [3.8, 4) is 0 Å². The zero-order valence-corrected chi connectivity index (χ0v) is 12.6. The molecule has 3 aromatic rings. The van der Waals surface area contributed by atoms with E-state index in [1.54, 1.807) is 10.9 Å². The molecule has 0 atom stereocenters. The first-order valence-corrected chi connectivity index (χ1v) is 7.23. The largest absolute Gasteiger partial charge is 0.382 e. The molecule has 2 aromatic carbocycles. The van der Waals surface area contributed by atoms with Crippen molar-refractivity contribution in [2.75, 3.05) is 11.9 Å². The third-order valence-electron chi connectivity index (χ3n) is 3.21. The van der Waals surface area contributed by atoms with E-state index in [4.69, 9.17) is 0 Å². The maximum Gasteiger partial charge on any atom is 0.161 e. The minimum absolute atomic E-state index is 0.454.